The van der Waals surface area contributed by atoms with Crippen molar-refractivity contribution in [2.45, 2.75) is 45.1 Å². The van der Waals surface area contributed by atoms with Gasteiger partial charge in [0.15, 0.2) is 17.3 Å². The first-order valence-electron chi connectivity index (χ1n) is 11.8. The van der Waals surface area contributed by atoms with Crippen molar-refractivity contribution in [1.29, 1.82) is 0 Å². The molecule has 0 atom stereocenters. The Morgan fingerprint density at radius 3 is 2.56 bits per heavy atom. The van der Waals surface area contributed by atoms with Gasteiger partial charge in [0.25, 0.3) is 0 Å². The lowest BCUT2D eigenvalue weighted by atomic mass is 9.83. The van der Waals surface area contributed by atoms with E-state index in [1.54, 1.807) is 13.1 Å². The number of carbonyl (C=O) groups excluding carboxylic acids is 1. The molecule has 2 aromatic carbocycles. The average Bonchev–Trinajstić information content (AvgIpc) is 2.81. The summed E-state index contributed by atoms with van der Waals surface area (Å²) in [7, 11) is 4.22. The number of anilines is 1. The maximum atomic E-state index is 14.1. The Hall–Kier alpha value is -2.70. The van der Waals surface area contributed by atoms with Crippen LogP contribution in [0, 0.1) is 11.7 Å². The van der Waals surface area contributed by atoms with Gasteiger partial charge in [-0.15, -0.1) is 0 Å². The van der Waals surface area contributed by atoms with Gasteiger partial charge in [0.1, 0.15) is 0 Å². The molecular formula is C27H31ClFN3O2. The van der Waals surface area contributed by atoms with Crippen molar-refractivity contribution in [3.05, 3.63) is 52.9 Å². The number of aromatic nitrogens is 1. The lowest BCUT2D eigenvalue weighted by molar-refractivity contribution is 0.101. The minimum atomic E-state index is -0.775. The highest BCUT2D eigenvalue weighted by Crippen LogP contribution is 2.37. The summed E-state index contributed by atoms with van der Waals surface area (Å²) in [4.78, 5) is 19.2. The van der Waals surface area contributed by atoms with Crippen LogP contribution >= 0.6 is 11.6 Å². The van der Waals surface area contributed by atoms with Crippen molar-refractivity contribution in [2.24, 2.45) is 5.92 Å². The number of phenolic OH excluding ortho intramolecular Hbond substituents is 1. The molecule has 2 N–H and O–H groups in total. The SMILES string of the molecule is CC(=O)c1cnc2ccc(-c3cc(F)c(O)c(Cl)c3)cc2c1NC1CCC(CCN(C)C)CC1. The van der Waals surface area contributed by atoms with E-state index in [2.05, 4.69) is 29.3 Å². The molecule has 1 fully saturated rings. The van der Waals surface area contributed by atoms with Gasteiger partial charge in [0.05, 0.1) is 21.8 Å². The zero-order chi connectivity index (χ0) is 24.4. The number of rotatable bonds is 7. The fourth-order valence-electron chi connectivity index (χ4n) is 4.77. The van der Waals surface area contributed by atoms with Crippen LogP contribution in [-0.4, -0.2) is 47.5 Å². The molecule has 1 aliphatic rings. The zero-order valence-electron chi connectivity index (χ0n) is 19.9. The van der Waals surface area contributed by atoms with Crippen LogP contribution in [0.15, 0.2) is 36.5 Å². The number of nitrogens with one attached hydrogen (secondary N) is 1. The second-order valence-corrected chi connectivity index (χ2v) is 9.98. The molecule has 0 aliphatic heterocycles. The van der Waals surface area contributed by atoms with Crippen LogP contribution in [-0.2, 0) is 0 Å². The highest BCUT2D eigenvalue weighted by molar-refractivity contribution is 6.32. The maximum absolute atomic E-state index is 14.1. The molecule has 1 aliphatic carbocycles. The monoisotopic (exact) mass is 483 g/mol. The van der Waals surface area contributed by atoms with Crippen molar-refractivity contribution in [2.75, 3.05) is 26.0 Å². The molecule has 0 radical (unpaired) electrons. The molecule has 5 nitrogen and oxygen atoms in total. The molecule has 0 amide bonds. The van der Waals surface area contributed by atoms with Crippen molar-refractivity contribution in [1.82, 2.24) is 9.88 Å². The van der Waals surface area contributed by atoms with E-state index in [-0.39, 0.29) is 16.8 Å². The van der Waals surface area contributed by atoms with E-state index in [9.17, 15) is 14.3 Å². The normalized spacial score (nSPS) is 18.4. The number of hydrogen-bond donors (Lipinski definition) is 2. The number of Topliss-reactive ketones (excluding diaryl/α,β-unsaturated/α-hetero) is 1. The standard InChI is InChI=1S/C27H31ClFN3O2/c1-16(33)22-15-30-25-9-6-18(19-13-23(28)27(34)24(29)14-19)12-21(25)26(22)31-20-7-4-17(5-8-20)10-11-32(2)3/h6,9,12-15,17,20,34H,4-5,7-8,10-11H2,1-3H3,(H,30,31). The summed E-state index contributed by atoms with van der Waals surface area (Å²) in [5.41, 5.74) is 3.35. The maximum Gasteiger partial charge on any atom is 0.170 e. The molecule has 180 valence electrons. The van der Waals surface area contributed by atoms with Crippen LogP contribution in [0.5, 0.6) is 5.75 Å². The molecule has 0 saturated heterocycles. The predicted octanol–water partition coefficient (Wildman–Crippen LogP) is 6.52. The molecule has 0 spiro atoms. The van der Waals surface area contributed by atoms with Crippen LogP contribution in [0.25, 0.3) is 22.0 Å². The molecule has 3 aromatic rings. The largest absolute Gasteiger partial charge is 0.504 e. The molecule has 1 aromatic heterocycles. The summed E-state index contributed by atoms with van der Waals surface area (Å²) in [5, 5.41) is 14.1. The van der Waals surface area contributed by atoms with E-state index in [1.165, 1.54) is 31.4 Å². The number of halogens is 2. The average molecular weight is 484 g/mol. The van der Waals surface area contributed by atoms with Crippen molar-refractivity contribution < 1.29 is 14.3 Å². The second-order valence-electron chi connectivity index (χ2n) is 9.58. The molecular weight excluding hydrogens is 453 g/mol. The van der Waals surface area contributed by atoms with Gasteiger partial charge in [-0.05, 0) is 101 Å². The van der Waals surface area contributed by atoms with E-state index in [0.717, 1.165) is 47.5 Å². The number of fused-ring (bicyclic) bond motifs is 1. The van der Waals surface area contributed by atoms with Gasteiger partial charge in [-0.25, -0.2) is 4.39 Å². The first-order valence-corrected chi connectivity index (χ1v) is 12.1. The Kier molecular flexibility index (Phi) is 7.39. The topological polar surface area (TPSA) is 65.5 Å². The summed E-state index contributed by atoms with van der Waals surface area (Å²) < 4.78 is 14.1. The van der Waals surface area contributed by atoms with Gasteiger partial charge in [-0.3, -0.25) is 9.78 Å². The molecule has 34 heavy (non-hydrogen) atoms. The zero-order valence-corrected chi connectivity index (χ0v) is 20.6. The third-order valence-electron chi connectivity index (χ3n) is 6.78. The fourth-order valence-corrected chi connectivity index (χ4v) is 4.97. The second kappa shape index (κ2) is 10.3. The molecule has 1 saturated carbocycles. The number of pyridine rings is 1. The van der Waals surface area contributed by atoms with Crippen LogP contribution in [0.3, 0.4) is 0 Å². The summed E-state index contributed by atoms with van der Waals surface area (Å²) >= 11 is 6.00. The summed E-state index contributed by atoms with van der Waals surface area (Å²) in [5.74, 6) is -0.652. The van der Waals surface area contributed by atoms with Crippen molar-refractivity contribution >= 4 is 34.0 Å². The first-order chi connectivity index (χ1) is 16.2. The Labute approximate surface area is 204 Å². The lowest BCUT2D eigenvalue weighted by Crippen LogP contribution is -2.28. The Morgan fingerprint density at radius 2 is 1.91 bits per heavy atom. The van der Waals surface area contributed by atoms with Crippen LogP contribution in [0.2, 0.25) is 5.02 Å². The fraction of sp³-hybridized carbons (Fsp3) is 0.407. The van der Waals surface area contributed by atoms with Crippen molar-refractivity contribution in [3.63, 3.8) is 0 Å². The number of benzene rings is 2. The van der Waals surface area contributed by atoms with Crippen LogP contribution < -0.4 is 5.32 Å². The van der Waals surface area contributed by atoms with Gasteiger partial charge in [-0.2, -0.15) is 0 Å². The first kappa shape index (κ1) is 24.4. The van der Waals surface area contributed by atoms with E-state index in [0.29, 0.717) is 11.1 Å². The number of nitrogens with zero attached hydrogens (tertiary/aromatic N) is 2. The van der Waals surface area contributed by atoms with Crippen molar-refractivity contribution in [3.8, 4) is 16.9 Å². The third kappa shape index (κ3) is 5.34. The van der Waals surface area contributed by atoms with Gasteiger partial charge in [-0.1, -0.05) is 17.7 Å². The smallest absolute Gasteiger partial charge is 0.170 e. The number of hydrogen-bond acceptors (Lipinski definition) is 5. The summed E-state index contributed by atoms with van der Waals surface area (Å²) in [6.07, 6.45) is 7.29. The molecule has 0 bridgehead atoms. The number of ketones is 1. The van der Waals surface area contributed by atoms with Gasteiger partial charge in [0, 0.05) is 17.6 Å². The summed E-state index contributed by atoms with van der Waals surface area (Å²) in [6.45, 7) is 2.65. The predicted molar refractivity (Wildman–Crippen MR) is 136 cm³/mol. The number of aromatic hydroxyl groups is 1. The molecule has 0 unspecified atom stereocenters. The van der Waals surface area contributed by atoms with E-state index in [1.807, 2.05) is 18.2 Å². The number of carbonyl (C=O) groups is 1. The quantitative estimate of drug-likeness (QED) is 0.374. The summed E-state index contributed by atoms with van der Waals surface area (Å²) in [6, 6.07) is 8.67. The van der Waals surface area contributed by atoms with E-state index in [4.69, 9.17) is 11.6 Å². The Morgan fingerprint density at radius 1 is 1.18 bits per heavy atom. The molecule has 1 heterocycles. The van der Waals surface area contributed by atoms with Crippen LogP contribution in [0.1, 0.15) is 49.4 Å². The minimum Gasteiger partial charge on any atom is -0.504 e. The third-order valence-corrected chi connectivity index (χ3v) is 7.07. The van der Waals surface area contributed by atoms with Gasteiger partial charge >= 0.3 is 0 Å². The molecule has 4 rings (SSSR count). The Bertz CT molecular complexity index is 1180. The van der Waals surface area contributed by atoms with E-state index < -0.39 is 11.6 Å². The van der Waals surface area contributed by atoms with Gasteiger partial charge in [0.2, 0.25) is 0 Å². The van der Waals surface area contributed by atoms with E-state index >= 15 is 0 Å². The van der Waals surface area contributed by atoms with Crippen LogP contribution in [0.4, 0.5) is 10.1 Å². The minimum absolute atomic E-state index is 0.0462. The van der Waals surface area contributed by atoms with Gasteiger partial charge < -0.3 is 15.3 Å². The highest BCUT2D eigenvalue weighted by Gasteiger charge is 2.23. The lowest BCUT2D eigenvalue weighted by Gasteiger charge is -2.31. The highest BCUT2D eigenvalue weighted by atomic mass is 35.5. The molecule has 7 heteroatoms. The Balaban J connectivity index is 1.66. The number of phenols is 1.